The van der Waals surface area contributed by atoms with Gasteiger partial charge in [0.05, 0.1) is 12.9 Å². The summed E-state index contributed by atoms with van der Waals surface area (Å²) in [5, 5.41) is 2.82. The van der Waals surface area contributed by atoms with Gasteiger partial charge in [0.25, 0.3) is 10.1 Å². The van der Waals surface area contributed by atoms with Gasteiger partial charge < -0.3 is 5.32 Å². The van der Waals surface area contributed by atoms with E-state index < -0.39 is 10.1 Å². The minimum Gasteiger partial charge on any atom is -0.326 e. The van der Waals surface area contributed by atoms with Crippen molar-refractivity contribution in [3.63, 3.8) is 0 Å². The van der Waals surface area contributed by atoms with Gasteiger partial charge in [0.15, 0.2) is 0 Å². The van der Waals surface area contributed by atoms with Crippen LogP contribution in [0.25, 0.3) is 11.1 Å². The summed E-state index contributed by atoms with van der Waals surface area (Å²) in [4.78, 5) is 11.0. The predicted molar refractivity (Wildman–Crippen MR) is 95.5 cm³/mol. The topological polar surface area (TPSA) is 72.5 Å². The van der Waals surface area contributed by atoms with Crippen LogP contribution < -0.4 is 5.32 Å². The van der Waals surface area contributed by atoms with Crippen molar-refractivity contribution in [3.8, 4) is 11.1 Å². The summed E-state index contributed by atoms with van der Waals surface area (Å²) in [6, 6.07) is 14.6. The lowest BCUT2D eigenvalue weighted by Crippen LogP contribution is -2.05. The zero-order chi connectivity index (χ0) is 17.7. The molecule has 24 heavy (non-hydrogen) atoms. The van der Waals surface area contributed by atoms with Crippen molar-refractivity contribution in [2.45, 2.75) is 20.3 Å². The van der Waals surface area contributed by atoms with E-state index in [0.717, 1.165) is 18.4 Å². The molecule has 0 atom stereocenters. The van der Waals surface area contributed by atoms with E-state index in [4.69, 9.17) is 0 Å². The molecule has 0 bridgehead atoms. The van der Waals surface area contributed by atoms with Gasteiger partial charge in [-0.05, 0) is 47.7 Å². The zero-order valence-electron chi connectivity index (χ0n) is 14.0. The van der Waals surface area contributed by atoms with Crippen molar-refractivity contribution in [3.05, 3.63) is 53.6 Å². The van der Waals surface area contributed by atoms with Gasteiger partial charge in [-0.2, -0.15) is 8.42 Å². The summed E-state index contributed by atoms with van der Waals surface area (Å²) in [5.41, 5.74) is 6.13. The van der Waals surface area contributed by atoms with Crippen LogP contribution in [-0.2, 0) is 25.5 Å². The van der Waals surface area contributed by atoms with Crippen molar-refractivity contribution >= 4 is 21.7 Å². The Labute approximate surface area is 142 Å². The summed E-state index contributed by atoms with van der Waals surface area (Å²) in [5.74, 6) is -0.0274. The molecule has 1 N–H and O–H groups in total. The van der Waals surface area contributed by atoms with Gasteiger partial charge in [-0.3, -0.25) is 8.98 Å². The molecule has 0 saturated carbocycles. The molecule has 0 radical (unpaired) electrons. The highest BCUT2D eigenvalue weighted by Gasteiger charge is 2.17. The number of carbonyl (C=O) groups is 1. The molecule has 0 aromatic heterocycles. The monoisotopic (exact) mass is 347 g/mol. The number of anilines is 1. The summed E-state index contributed by atoms with van der Waals surface area (Å²) >= 11 is 0. The van der Waals surface area contributed by atoms with Crippen molar-refractivity contribution in [2.24, 2.45) is 0 Å². The third-order valence-corrected chi connectivity index (χ3v) is 4.11. The van der Waals surface area contributed by atoms with Crippen LogP contribution in [0.15, 0.2) is 42.5 Å². The average Bonchev–Trinajstić information content (AvgIpc) is 2.83. The lowest BCUT2D eigenvalue weighted by molar-refractivity contribution is -0.114. The summed E-state index contributed by atoms with van der Waals surface area (Å²) in [7, 11) is -3.17. The molecule has 3 rings (SSSR count). The Hall–Kier alpha value is -2.18. The molecule has 0 saturated heterocycles. The Bertz CT molecular complexity index is 844. The SMILES string of the molecule is CC(=O)Nc1ccc2c(c1)Cc1ccccc1-2.CCOS(C)(=O)=O. The average molecular weight is 347 g/mol. The molecule has 0 spiro atoms. The lowest BCUT2D eigenvalue weighted by Gasteiger charge is -2.05. The second-order valence-corrected chi connectivity index (χ2v) is 7.14. The lowest BCUT2D eigenvalue weighted by atomic mass is 10.1. The number of rotatable bonds is 3. The number of carbonyl (C=O) groups excluding carboxylic acids is 1. The molecule has 128 valence electrons. The maximum Gasteiger partial charge on any atom is 0.264 e. The summed E-state index contributed by atoms with van der Waals surface area (Å²) in [6.45, 7) is 3.38. The molecule has 0 fully saturated rings. The summed E-state index contributed by atoms with van der Waals surface area (Å²) < 4.78 is 24.2. The van der Waals surface area contributed by atoms with E-state index >= 15 is 0 Å². The van der Waals surface area contributed by atoms with E-state index in [-0.39, 0.29) is 12.5 Å². The molecule has 2 aromatic rings. The molecule has 1 aliphatic carbocycles. The first-order valence-electron chi connectivity index (χ1n) is 7.63. The normalized spacial score (nSPS) is 11.8. The zero-order valence-corrected chi connectivity index (χ0v) is 14.8. The van der Waals surface area contributed by atoms with E-state index in [1.165, 1.54) is 29.2 Å². The van der Waals surface area contributed by atoms with Gasteiger partial charge in [-0.15, -0.1) is 0 Å². The fraction of sp³-hybridized carbons (Fsp3) is 0.278. The fourth-order valence-electron chi connectivity index (χ4n) is 2.64. The number of hydrogen-bond donors (Lipinski definition) is 1. The van der Waals surface area contributed by atoms with Crippen molar-refractivity contribution in [1.29, 1.82) is 0 Å². The number of hydrogen-bond acceptors (Lipinski definition) is 4. The Morgan fingerprint density at radius 1 is 1.12 bits per heavy atom. The van der Waals surface area contributed by atoms with Crippen LogP contribution in [0.4, 0.5) is 5.69 Å². The van der Waals surface area contributed by atoms with Gasteiger partial charge in [-0.25, -0.2) is 0 Å². The molecule has 0 heterocycles. The first-order valence-corrected chi connectivity index (χ1v) is 9.45. The first-order chi connectivity index (χ1) is 11.3. The third kappa shape index (κ3) is 4.91. The van der Waals surface area contributed by atoms with Gasteiger partial charge in [0.2, 0.25) is 5.91 Å². The number of benzene rings is 2. The number of nitrogens with one attached hydrogen (secondary N) is 1. The van der Waals surface area contributed by atoms with E-state index in [1.807, 2.05) is 6.07 Å². The highest BCUT2D eigenvalue weighted by atomic mass is 32.2. The minimum atomic E-state index is -3.17. The molecular formula is C18H21NO4S. The second kappa shape index (κ2) is 7.59. The number of amides is 1. The molecule has 6 heteroatoms. The fourth-order valence-corrected chi connectivity index (χ4v) is 3.07. The van der Waals surface area contributed by atoms with Crippen LogP contribution in [0.5, 0.6) is 0 Å². The number of fused-ring (bicyclic) bond motifs is 3. The van der Waals surface area contributed by atoms with Crippen molar-refractivity contribution < 1.29 is 17.4 Å². The van der Waals surface area contributed by atoms with Crippen LogP contribution >= 0.6 is 0 Å². The Morgan fingerprint density at radius 3 is 2.38 bits per heavy atom. The maximum absolute atomic E-state index is 11.0. The van der Waals surface area contributed by atoms with Crippen molar-refractivity contribution in [2.75, 3.05) is 18.2 Å². The minimum absolute atomic E-state index is 0.0274. The van der Waals surface area contributed by atoms with Crippen LogP contribution in [0.1, 0.15) is 25.0 Å². The van der Waals surface area contributed by atoms with Gasteiger partial charge in [0.1, 0.15) is 0 Å². The third-order valence-electron chi connectivity index (χ3n) is 3.45. The molecule has 0 aliphatic heterocycles. The predicted octanol–water partition coefficient (Wildman–Crippen LogP) is 3.20. The highest BCUT2D eigenvalue weighted by Crippen LogP contribution is 2.37. The smallest absolute Gasteiger partial charge is 0.264 e. The van der Waals surface area contributed by atoms with E-state index in [9.17, 15) is 13.2 Å². The molecular weight excluding hydrogens is 326 g/mol. The van der Waals surface area contributed by atoms with Gasteiger partial charge >= 0.3 is 0 Å². The van der Waals surface area contributed by atoms with E-state index in [2.05, 4.69) is 45.9 Å². The quantitative estimate of drug-likeness (QED) is 0.739. The maximum atomic E-state index is 11.0. The standard InChI is InChI=1S/C15H13NO.C3H8O3S/c1-10(17)16-13-6-7-15-12(9-13)8-11-4-2-3-5-14(11)15;1-3-6-7(2,4)5/h2-7,9H,8H2,1H3,(H,16,17);3H2,1-2H3. The largest absolute Gasteiger partial charge is 0.326 e. The van der Waals surface area contributed by atoms with Crippen LogP contribution in [0, 0.1) is 0 Å². The van der Waals surface area contributed by atoms with Crippen LogP contribution in [0.3, 0.4) is 0 Å². The first kappa shape index (κ1) is 18.2. The van der Waals surface area contributed by atoms with Crippen LogP contribution in [0.2, 0.25) is 0 Å². The highest BCUT2D eigenvalue weighted by molar-refractivity contribution is 7.85. The Morgan fingerprint density at radius 2 is 1.79 bits per heavy atom. The van der Waals surface area contributed by atoms with E-state index in [0.29, 0.717) is 0 Å². The van der Waals surface area contributed by atoms with E-state index in [1.54, 1.807) is 6.92 Å². The molecule has 1 aliphatic rings. The summed E-state index contributed by atoms with van der Waals surface area (Å²) in [6.07, 6.45) is 1.98. The molecule has 0 unspecified atom stereocenters. The molecule has 5 nitrogen and oxygen atoms in total. The second-order valence-electron chi connectivity index (χ2n) is 5.50. The van der Waals surface area contributed by atoms with Crippen LogP contribution in [-0.4, -0.2) is 27.2 Å². The Balaban J connectivity index is 0.000000256. The van der Waals surface area contributed by atoms with Crippen molar-refractivity contribution in [1.82, 2.24) is 0 Å². The molecule has 1 amide bonds. The molecule has 2 aromatic carbocycles. The van der Waals surface area contributed by atoms with Gasteiger partial charge in [0, 0.05) is 12.6 Å². The van der Waals surface area contributed by atoms with Gasteiger partial charge in [-0.1, -0.05) is 30.3 Å². The Kier molecular flexibility index (Phi) is 5.75.